The summed E-state index contributed by atoms with van der Waals surface area (Å²) >= 11 is 0. The van der Waals surface area contributed by atoms with E-state index in [9.17, 15) is 9.90 Å². The average Bonchev–Trinajstić information content (AvgIpc) is 2.74. The lowest BCUT2D eigenvalue weighted by molar-refractivity contribution is -0.0705. The first kappa shape index (κ1) is 12.6. The Labute approximate surface area is 104 Å². The molecule has 0 aromatic carbocycles. The van der Waals surface area contributed by atoms with Crippen LogP contribution < -0.4 is 11.4 Å². The third-order valence-electron chi connectivity index (χ3n) is 2.98. The van der Waals surface area contributed by atoms with Crippen LogP contribution in [0, 0.1) is 0 Å². The Morgan fingerprint density at radius 2 is 2.61 bits per heavy atom. The maximum atomic E-state index is 11.7. The van der Waals surface area contributed by atoms with E-state index in [1.807, 2.05) is 0 Å². The molecule has 3 N–H and O–H groups in total. The molecule has 1 aromatic rings. The van der Waals surface area contributed by atoms with Crippen molar-refractivity contribution in [1.29, 1.82) is 0 Å². The number of aliphatic hydroxyl groups is 1. The summed E-state index contributed by atoms with van der Waals surface area (Å²) in [6.07, 6.45) is 3.86. The fraction of sp³-hybridized carbons (Fsp3) is 0.417. The highest BCUT2D eigenvalue weighted by molar-refractivity contribution is 5.23. The van der Waals surface area contributed by atoms with Crippen LogP contribution in [-0.2, 0) is 4.74 Å². The van der Waals surface area contributed by atoms with Gasteiger partial charge in [-0.1, -0.05) is 6.58 Å². The van der Waals surface area contributed by atoms with E-state index in [-0.39, 0.29) is 12.4 Å². The van der Waals surface area contributed by atoms with Crippen molar-refractivity contribution in [2.45, 2.75) is 24.7 Å². The predicted octanol–water partition coefficient (Wildman–Crippen LogP) is 0.207. The highest BCUT2D eigenvalue weighted by Crippen LogP contribution is 2.36. The standard InChI is InChI=1S/C12H15N3O3/c1-2-5-12(8-16)6-3-10(18-12)15-7-4-9(13)14-11(15)17/h4-5,7,10,16H,1,3,6,8H2,(H2,13,14,17). The van der Waals surface area contributed by atoms with Gasteiger partial charge in [0.15, 0.2) is 0 Å². The Hall–Kier alpha value is -1.88. The molecule has 0 radical (unpaired) electrons. The molecule has 1 fully saturated rings. The normalized spacial score (nSPS) is 26.8. The number of hydrogen-bond donors (Lipinski definition) is 2. The molecule has 0 amide bonds. The van der Waals surface area contributed by atoms with Crippen LogP contribution >= 0.6 is 0 Å². The molecule has 2 atom stereocenters. The van der Waals surface area contributed by atoms with Crippen LogP contribution in [0.4, 0.5) is 5.82 Å². The highest BCUT2D eigenvalue weighted by atomic mass is 16.5. The summed E-state index contributed by atoms with van der Waals surface area (Å²) in [7, 11) is 0. The van der Waals surface area contributed by atoms with Crippen LogP contribution in [0.5, 0.6) is 0 Å². The number of nitrogens with zero attached hydrogens (tertiary/aromatic N) is 2. The van der Waals surface area contributed by atoms with Gasteiger partial charge in [-0.2, -0.15) is 4.98 Å². The van der Waals surface area contributed by atoms with Crippen molar-refractivity contribution in [1.82, 2.24) is 9.55 Å². The lowest BCUT2D eigenvalue weighted by atomic mass is 10.0. The Morgan fingerprint density at radius 3 is 3.22 bits per heavy atom. The third-order valence-corrected chi connectivity index (χ3v) is 2.98. The largest absolute Gasteiger partial charge is 0.393 e. The zero-order valence-electron chi connectivity index (χ0n) is 9.87. The maximum absolute atomic E-state index is 11.7. The monoisotopic (exact) mass is 249 g/mol. The SMILES string of the molecule is C=C=CC1(CO)CCC(n2ccc(N)nc2=O)O1. The summed E-state index contributed by atoms with van der Waals surface area (Å²) in [6.45, 7) is 3.30. The molecule has 1 aliphatic heterocycles. The smallest absolute Gasteiger partial charge is 0.351 e. The van der Waals surface area contributed by atoms with E-state index in [0.29, 0.717) is 12.8 Å². The van der Waals surface area contributed by atoms with Crippen LogP contribution in [0.15, 0.2) is 35.4 Å². The van der Waals surface area contributed by atoms with E-state index in [2.05, 4.69) is 17.3 Å². The van der Waals surface area contributed by atoms with Crippen molar-refractivity contribution in [3.05, 3.63) is 41.1 Å². The summed E-state index contributed by atoms with van der Waals surface area (Å²) in [4.78, 5) is 15.3. The second-order valence-corrected chi connectivity index (χ2v) is 4.22. The van der Waals surface area contributed by atoms with Crippen LogP contribution in [0.3, 0.4) is 0 Å². The summed E-state index contributed by atoms with van der Waals surface area (Å²) in [6, 6.07) is 1.53. The number of aromatic nitrogens is 2. The van der Waals surface area contributed by atoms with Crippen LogP contribution in [-0.4, -0.2) is 26.9 Å². The van der Waals surface area contributed by atoms with Gasteiger partial charge in [-0.05, 0) is 25.0 Å². The number of ether oxygens (including phenoxy) is 1. The van der Waals surface area contributed by atoms with E-state index < -0.39 is 17.5 Å². The van der Waals surface area contributed by atoms with E-state index in [4.69, 9.17) is 10.5 Å². The van der Waals surface area contributed by atoms with Gasteiger partial charge < -0.3 is 15.6 Å². The van der Waals surface area contributed by atoms with Crippen LogP contribution in [0.2, 0.25) is 0 Å². The fourth-order valence-corrected chi connectivity index (χ4v) is 2.05. The molecule has 18 heavy (non-hydrogen) atoms. The van der Waals surface area contributed by atoms with Gasteiger partial charge >= 0.3 is 5.69 Å². The highest BCUT2D eigenvalue weighted by Gasteiger charge is 2.39. The molecule has 1 aliphatic rings. The summed E-state index contributed by atoms with van der Waals surface area (Å²) in [5.41, 5.74) is 6.76. The minimum atomic E-state index is -0.812. The summed E-state index contributed by atoms with van der Waals surface area (Å²) in [5, 5.41) is 9.38. The lowest BCUT2D eigenvalue weighted by Crippen LogP contribution is -2.33. The number of rotatable bonds is 3. The molecular weight excluding hydrogens is 234 g/mol. The molecular formula is C12H15N3O3. The number of hydrogen-bond acceptors (Lipinski definition) is 5. The minimum Gasteiger partial charge on any atom is -0.393 e. The molecule has 2 heterocycles. The summed E-state index contributed by atoms with van der Waals surface area (Å²) < 4.78 is 7.09. The second-order valence-electron chi connectivity index (χ2n) is 4.22. The van der Waals surface area contributed by atoms with Crippen molar-refractivity contribution >= 4 is 5.82 Å². The quantitative estimate of drug-likeness (QED) is 0.747. The zero-order chi connectivity index (χ0) is 13.2. The number of anilines is 1. The van der Waals surface area contributed by atoms with Gasteiger partial charge in [-0.25, -0.2) is 4.79 Å². The van der Waals surface area contributed by atoms with Crippen molar-refractivity contribution < 1.29 is 9.84 Å². The number of nitrogen functional groups attached to an aromatic ring is 1. The predicted molar refractivity (Wildman–Crippen MR) is 65.8 cm³/mol. The van der Waals surface area contributed by atoms with Crippen molar-refractivity contribution in [3.8, 4) is 0 Å². The Morgan fingerprint density at radius 1 is 1.83 bits per heavy atom. The molecule has 0 bridgehead atoms. The van der Waals surface area contributed by atoms with Crippen molar-refractivity contribution in [3.63, 3.8) is 0 Å². The molecule has 6 nitrogen and oxygen atoms in total. The van der Waals surface area contributed by atoms with Crippen LogP contribution in [0.1, 0.15) is 19.1 Å². The minimum absolute atomic E-state index is 0.175. The van der Waals surface area contributed by atoms with Crippen molar-refractivity contribution in [2.75, 3.05) is 12.3 Å². The molecule has 6 heteroatoms. The van der Waals surface area contributed by atoms with Crippen LogP contribution in [0.25, 0.3) is 0 Å². The number of aliphatic hydroxyl groups excluding tert-OH is 1. The van der Waals surface area contributed by atoms with Gasteiger partial charge in [0.1, 0.15) is 17.6 Å². The molecule has 0 saturated carbocycles. The molecule has 2 unspecified atom stereocenters. The number of nitrogens with two attached hydrogens (primary N) is 1. The van der Waals surface area contributed by atoms with E-state index >= 15 is 0 Å². The molecule has 0 spiro atoms. The Balaban J connectivity index is 2.28. The molecule has 1 saturated heterocycles. The third kappa shape index (κ3) is 2.22. The maximum Gasteiger partial charge on any atom is 0.351 e. The van der Waals surface area contributed by atoms with Gasteiger partial charge in [0.05, 0.1) is 6.61 Å². The van der Waals surface area contributed by atoms with Gasteiger partial charge in [-0.3, -0.25) is 4.57 Å². The fourth-order valence-electron chi connectivity index (χ4n) is 2.05. The van der Waals surface area contributed by atoms with Gasteiger partial charge in [0, 0.05) is 6.20 Å². The zero-order valence-corrected chi connectivity index (χ0v) is 9.87. The first-order valence-corrected chi connectivity index (χ1v) is 5.60. The molecule has 2 rings (SSSR count). The van der Waals surface area contributed by atoms with Crippen molar-refractivity contribution in [2.24, 2.45) is 0 Å². The molecule has 0 aliphatic carbocycles. The van der Waals surface area contributed by atoms with E-state index in [1.165, 1.54) is 10.6 Å². The lowest BCUT2D eigenvalue weighted by Gasteiger charge is -2.23. The first-order chi connectivity index (χ1) is 8.60. The van der Waals surface area contributed by atoms with Gasteiger partial charge in [0.2, 0.25) is 0 Å². The first-order valence-electron chi connectivity index (χ1n) is 5.60. The average molecular weight is 249 g/mol. The Kier molecular flexibility index (Phi) is 3.34. The molecule has 96 valence electrons. The topological polar surface area (TPSA) is 90.4 Å². The van der Waals surface area contributed by atoms with Gasteiger partial charge in [0.25, 0.3) is 0 Å². The summed E-state index contributed by atoms with van der Waals surface area (Å²) in [5.74, 6) is 0.175. The second kappa shape index (κ2) is 4.78. The molecule has 1 aromatic heterocycles. The van der Waals surface area contributed by atoms with Gasteiger partial charge in [-0.15, -0.1) is 5.73 Å². The van der Waals surface area contributed by atoms with E-state index in [1.54, 1.807) is 12.3 Å². The Bertz CT molecular complexity index is 548. The van der Waals surface area contributed by atoms with E-state index in [0.717, 1.165) is 0 Å².